The van der Waals surface area contributed by atoms with Crippen molar-refractivity contribution >= 4 is 5.78 Å². The second-order valence-electron chi connectivity index (χ2n) is 6.06. The van der Waals surface area contributed by atoms with Gasteiger partial charge in [-0.25, -0.2) is 0 Å². The fourth-order valence-electron chi connectivity index (χ4n) is 3.09. The summed E-state index contributed by atoms with van der Waals surface area (Å²) in [6.45, 7) is 2.77. The van der Waals surface area contributed by atoms with Gasteiger partial charge in [-0.15, -0.1) is 0 Å². The van der Waals surface area contributed by atoms with Gasteiger partial charge in [0.25, 0.3) is 0 Å². The molecule has 0 radical (unpaired) electrons. The van der Waals surface area contributed by atoms with Crippen molar-refractivity contribution < 1.29 is 18.0 Å². The highest BCUT2D eigenvalue weighted by Crippen LogP contribution is 2.33. The van der Waals surface area contributed by atoms with Gasteiger partial charge in [-0.3, -0.25) is 9.69 Å². The number of carbonyl (C=O) groups excluding carboxylic acids is 1. The van der Waals surface area contributed by atoms with E-state index in [1.807, 2.05) is 6.07 Å². The molecule has 2 aromatic carbocycles. The normalized spacial score (nSPS) is 15.6. The molecule has 0 atom stereocenters. The number of alkyl halides is 3. The molecule has 1 saturated heterocycles. The van der Waals surface area contributed by atoms with Gasteiger partial charge in [-0.2, -0.15) is 13.2 Å². The molecule has 2 nitrogen and oxygen atoms in total. The Labute approximate surface area is 138 Å². The van der Waals surface area contributed by atoms with Crippen molar-refractivity contribution in [3.05, 3.63) is 70.8 Å². The van der Waals surface area contributed by atoms with Gasteiger partial charge in [0.15, 0.2) is 5.78 Å². The Hall–Kier alpha value is -2.14. The topological polar surface area (TPSA) is 20.3 Å². The van der Waals surface area contributed by atoms with Crippen LogP contribution in [0.2, 0.25) is 0 Å². The number of rotatable bonds is 4. The molecule has 0 aliphatic carbocycles. The second kappa shape index (κ2) is 6.77. The van der Waals surface area contributed by atoms with E-state index in [-0.39, 0.29) is 5.56 Å². The average molecular weight is 333 g/mol. The van der Waals surface area contributed by atoms with Gasteiger partial charge in [0.1, 0.15) is 0 Å². The van der Waals surface area contributed by atoms with E-state index in [2.05, 4.69) is 4.90 Å². The molecule has 0 aromatic heterocycles. The van der Waals surface area contributed by atoms with Crippen LogP contribution in [0.5, 0.6) is 0 Å². The number of likely N-dealkylation sites (tertiary alicyclic amines) is 1. The van der Waals surface area contributed by atoms with E-state index in [1.54, 1.807) is 18.2 Å². The van der Waals surface area contributed by atoms with Gasteiger partial charge in [0, 0.05) is 17.7 Å². The third-order valence-electron chi connectivity index (χ3n) is 4.27. The minimum absolute atomic E-state index is 0.295. The third-order valence-corrected chi connectivity index (χ3v) is 4.27. The van der Waals surface area contributed by atoms with E-state index in [0.717, 1.165) is 44.1 Å². The zero-order valence-corrected chi connectivity index (χ0v) is 13.1. The van der Waals surface area contributed by atoms with Crippen LogP contribution in [0.4, 0.5) is 13.2 Å². The van der Waals surface area contributed by atoms with Crippen molar-refractivity contribution in [3.63, 3.8) is 0 Å². The van der Waals surface area contributed by atoms with Crippen molar-refractivity contribution in [1.82, 2.24) is 4.90 Å². The molecule has 0 bridgehead atoms. The number of nitrogens with zero attached hydrogens (tertiary/aromatic N) is 1. The lowest BCUT2D eigenvalue weighted by atomic mass is 9.97. The first-order valence-electron chi connectivity index (χ1n) is 7.97. The molecular formula is C19H18F3NO. The standard InChI is InChI=1S/C19H18F3NO/c20-19(21,22)17-9-2-1-8-16(17)18(24)15-7-5-6-14(12-15)13-23-10-3-4-11-23/h1-2,5-9,12H,3-4,10-11,13H2. The first-order chi connectivity index (χ1) is 11.4. The summed E-state index contributed by atoms with van der Waals surface area (Å²) < 4.78 is 39.3. The lowest BCUT2D eigenvalue weighted by Crippen LogP contribution is -2.18. The molecule has 3 rings (SSSR count). The zero-order valence-electron chi connectivity index (χ0n) is 13.1. The number of halogens is 3. The number of hydrogen-bond acceptors (Lipinski definition) is 2. The van der Waals surface area contributed by atoms with Crippen LogP contribution in [0.1, 0.15) is 39.9 Å². The fraction of sp³-hybridized carbons (Fsp3) is 0.316. The van der Waals surface area contributed by atoms with E-state index in [4.69, 9.17) is 0 Å². The molecule has 1 aliphatic rings. The van der Waals surface area contributed by atoms with Gasteiger partial charge in [0.05, 0.1) is 5.56 Å². The van der Waals surface area contributed by atoms with Crippen LogP contribution >= 0.6 is 0 Å². The molecular weight excluding hydrogens is 315 g/mol. The third kappa shape index (κ3) is 3.67. The Balaban J connectivity index is 1.88. The molecule has 5 heteroatoms. The summed E-state index contributed by atoms with van der Waals surface area (Å²) in [6, 6.07) is 11.8. The Morgan fingerprint density at radius 3 is 2.42 bits per heavy atom. The predicted octanol–water partition coefficient (Wildman–Crippen LogP) is 4.53. The van der Waals surface area contributed by atoms with Crippen molar-refractivity contribution in [3.8, 4) is 0 Å². The summed E-state index contributed by atoms with van der Waals surface area (Å²) in [4.78, 5) is 14.9. The molecule has 0 amide bonds. The highest BCUT2D eigenvalue weighted by Gasteiger charge is 2.35. The van der Waals surface area contributed by atoms with E-state index < -0.39 is 17.5 Å². The second-order valence-corrected chi connectivity index (χ2v) is 6.06. The van der Waals surface area contributed by atoms with Crippen LogP contribution in [0.15, 0.2) is 48.5 Å². The highest BCUT2D eigenvalue weighted by atomic mass is 19.4. The molecule has 2 aromatic rings. The molecule has 0 N–H and O–H groups in total. The van der Waals surface area contributed by atoms with Crippen molar-refractivity contribution in [2.75, 3.05) is 13.1 Å². The minimum Gasteiger partial charge on any atom is -0.299 e. The fourth-order valence-corrected chi connectivity index (χ4v) is 3.09. The van der Waals surface area contributed by atoms with Gasteiger partial charge in [0.2, 0.25) is 0 Å². The monoisotopic (exact) mass is 333 g/mol. The molecule has 126 valence electrons. The van der Waals surface area contributed by atoms with E-state index in [1.165, 1.54) is 18.2 Å². The molecule has 0 unspecified atom stereocenters. The average Bonchev–Trinajstić information content (AvgIpc) is 3.06. The first-order valence-corrected chi connectivity index (χ1v) is 7.97. The van der Waals surface area contributed by atoms with E-state index >= 15 is 0 Å². The van der Waals surface area contributed by atoms with E-state index in [9.17, 15) is 18.0 Å². The molecule has 1 fully saturated rings. The van der Waals surface area contributed by atoms with Crippen LogP contribution in [0.25, 0.3) is 0 Å². The Kier molecular flexibility index (Phi) is 4.71. The minimum atomic E-state index is -4.54. The van der Waals surface area contributed by atoms with Crippen LogP contribution in [0, 0.1) is 0 Å². The summed E-state index contributed by atoms with van der Waals surface area (Å²) in [6.07, 6.45) is -2.21. The summed E-state index contributed by atoms with van der Waals surface area (Å²) in [7, 11) is 0. The summed E-state index contributed by atoms with van der Waals surface area (Å²) in [5.41, 5.74) is 0.0545. The first kappa shape index (κ1) is 16.7. The van der Waals surface area contributed by atoms with Crippen molar-refractivity contribution in [2.24, 2.45) is 0 Å². The van der Waals surface area contributed by atoms with Crippen LogP contribution in [-0.4, -0.2) is 23.8 Å². The molecule has 24 heavy (non-hydrogen) atoms. The zero-order chi connectivity index (χ0) is 17.2. The predicted molar refractivity (Wildman–Crippen MR) is 85.8 cm³/mol. The molecule has 0 spiro atoms. The quantitative estimate of drug-likeness (QED) is 0.766. The van der Waals surface area contributed by atoms with Crippen molar-refractivity contribution in [2.45, 2.75) is 25.6 Å². The van der Waals surface area contributed by atoms with Gasteiger partial charge >= 0.3 is 6.18 Å². The lowest BCUT2D eigenvalue weighted by Gasteiger charge is -2.15. The SMILES string of the molecule is O=C(c1cccc(CN2CCCC2)c1)c1ccccc1C(F)(F)F. The smallest absolute Gasteiger partial charge is 0.299 e. The van der Waals surface area contributed by atoms with Gasteiger partial charge in [-0.1, -0.05) is 36.4 Å². The maximum absolute atomic E-state index is 13.1. The van der Waals surface area contributed by atoms with E-state index in [0.29, 0.717) is 5.56 Å². The van der Waals surface area contributed by atoms with Crippen molar-refractivity contribution in [1.29, 1.82) is 0 Å². The maximum atomic E-state index is 13.1. The van der Waals surface area contributed by atoms with Crippen LogP contribution < -0.4 is 0 Å². The summed E-state index contributed by atoms with van der Waals surface area (Å²) in [5.74, 6) is -0.591. The lowest BCUT2D eigenvalue weighted by molar-refractivity contribution is -0.137. The Morgan fingerprint density at radius 1 is 1.00 bits per heavy atom. The largest absolute Gasteiger partial charge is 0.417 e. The Bertz CT molecular complexity index is 733. The molecule has 1 heterocycles. The number of hydrogen-bond donors (Lipinski definition) is 0. The highest BCUT2D eigenvalue weighted by molar-refractivity contribution is 6.10. The number of benzene rings is 2. The van der Waals surface area contributed by atoms with Crippen LogP contribution in [-0.2, 0) is 12.7 Å². The maximum Gasteiger partial charge on any atom is 0.417 e. The molecule has 1 aliphatic heterocycles. The Morgan fingerprint density at radius 2 is 1.71 bits per heavy atom. The number of ketones is 1. The number of carbonyl (C=O) groups is 1. The van der Waals surface area contributed by atoms with Gasteiger partial charge < -0.3 is 0 Å². The molecule has 0 saturated carbocycles. The van der Waals surface area contributed by atoms with Crippen LogP contribution in [0.3, 0.4) is 0 Å². The summed E-state index contributed by atoms with van der Waals surface area (Å²) in [5, 5.41) is 0. The summed E-state index contributed by atoms with van der Waals surface area (Å²) >= 11 is 0. The van der Waals surface area contributed by atoms with Gasteiger partial charge in [-0.05, 0) is 43.6 Å².